The molecule has 0 amide bonds. The van der Waals surface area contributed by atoms with Crippen molar-refractivity contribution in [3.63, 3.8) is 0 Å². The van der Waals surface area contributed by atoms with Gasteiger partial charge in [0.2, 0.25) is 0 Å². The van der Waals surface area contributed by atoms with Crippen molar-refractivity contribution in [2.75, 3.05) is 20.3 Å². The van der Waals surface area contributed by atoms with E-state index in [9.17, 15) is 19.2 Å². The number of para-hydroxylation sites is 1. The molecule has 39 heavy (non-hydrogen) atoms. The van der Waals surface area contributed by atoms with Crippen molar-refractivity contribution in [2.24, 2.45) is 11.8 Å². The molecule has 0 fully saturated rings. The van der Waals surface area contributed by atoms with Gasteiger partial charge in [-0.25, -0.2) is 4.79 Å². The lowest BCUT2D eigenvalue weighted by Gasteiger charge is -2.18. The minimum atomic E-state index is -0.868. The predicted octanol–water partition coefficient (Wildman–Crippen LogP) is 4.48. The highest BCUT2D eigenvalue weighted by molar-refractivity contribution is 5.77. The number of rotatable bonds is 14. The van der Waals surface area contributed by atoms with Gasteiger partial charge in [0.1, 0.15) is 18.4 Å². The Morgan fingerprint density at radius 2 is 1.41 bits per heavy atom. The van der Waals surface area contributed by atoms with Gasteiger partial charge in [-0.2, -0.15) is 0 Å². The molecule has 1 atom stereocenters. The number of benzene rings is 2. The zero-order chi connectivity index (χ0) is 28.8. The van der Waals surface area contributed by atoms with Gasteiger partial charge in [-0.1, -0.05) is 52.0 Å². The second-order valence-corrected chi connectivity index (χ2v) is 9.67. The van der Waals surface area contributed by atoms with Crippen LogP contribution in [-0.2, 0) is 30.3 Å². The lowest BCUT2D eigenvalue weighted by atomic mass is 10.0. The monoisotopic (exact) mass is 543 g/mol. The van der Waals surface area contributed by atoms with Crippen LogP contribution < -0.4 is 19.5 Å². The van der Waals surface area contributed by atoms with Crippen LogP contribution in [0.4, 0.5) is 4.79 Å². The summed E-state index contributed by atoms with van der Waals surface area (Å²) in [7, 11) is 1.27. The summed E-state index contributed by atoms with van der Waals surface area (Å²) in [4.78, 5) is 48.9. The highest BCUT2D eigenvalue weighted by Crippen LogP contribution is 2.30. The average molecular weight is 544 g/mol. The molecule has 0 aliphatic carbocycles. The molecule has 10 nitrogen and oxygen atoms in total. The van der Waals surface area contributed by atoms with E-state index in [0.29, 0.717) is 11.3 Å². The molecule has 0 spiro atoms. The van der Waals surface area contributed by atoms with Crippen LogP contribution in [0.3, 0.4) is 0 Å². The Kier molecular flexibility index (Phi) is 12.9. The average Bonchev–Trinajstić information content (AvgIpc) is 2.86. The van der Waals surface area contributed by atoms with Crippen LogP contribution >= 0.6 is 0 Å². The summed E-state index contributed by atoms with van der Waals surface area (Å²) in [5.41, 5.74) is 0.623. The number of carbonyl (C=O) groups excluding carboxylic acids is 4. The van der Waals surface area contributed by atoms with Gasteiger partial charge in [0, 0.05) is 19.4 Å². The molecule has 0 unspecified atom stereocenters. The third-order valence-electron chi connectivity index (χ3n) is 5.19. The Morgan fingerprint density at radius 1 is 0.795 bits per heavy atom. The maximum absolute atomic E-state index is 12.4. The first-order valence-electron chi connectivity index (χ1n) is 12.8. The molecule has 10 heteroatoms. The van der Waals surface area contributed by atoms with E-state index in [1.165, 1.54) is 13.2 Å². The predicted molar refractivity (Wildman–Crippen MR) is 143 cm³/mol. The van der Waals surface area contributed by atoms with Crippen molar-refractivity contribution >= 4 is 24.1 Å². The van der Waals surface area contributed by atoms with Crippen LogP contribution in [0.25, 0.3) is 0 Å². The zero-order valence-corrected chi connectivity index (χ0v) is 23.1. The topological polar surface area (TPSA) is 126 Å². The fourth-order valence-corrected chi connectivity index (χ4v) is 3.44. The van der Waals surface area contributed by atoms with E-state index in [1.807, 2.05) is 27.7 Å². The molecule has 0 aliphatic rings. The number of methoxy groups -OCH3 is 1. The molecule has 2 rings (SSSR count). The zero-order valence-electron chi connectivity index (χ0n) is 23.1. The minimum absolute atomic E-state index is 0.0536. The molecule has 0 bridgehead atoms. The van der Waals surface area contributed by atoms with Gasteiger partial charge < -0.3 is 29.0 Å². The van der Waals surface area contributed by atoms with Crippen molar-refractivity contribution in [1.82, 2.24) is 5.32 Å². The van der Waals surface area contributed by atoms with Crippen LogP contribution in [-0.4, -0.2) is 50.4 Å². The smallest absolute Gasteiger partial charge is 0.468 e. The van der Waals surface area contributed by atoms with E-state index < -0.39 is 30.1 Å². The molecule has 212 valence electrons. The van der Waals surface area contributed by atoms with Gasteiger partial charge >= 0.3 is 24.1 Å². The van der Waals surface area contributed by atoms with Gasteiger partial charge in [-0.05, 0) is 48.1 Å². The van der Waals surface area contributed by atoms with Crippen LogP contribution in [0.2, 0.25) is 0 Å². The molecule has 0 saturated heterocycles. The first kappa shape index (κ1) is 31.3. The fraction of sp³-hybridized carbons (Fsp3) is 0.448. The molecule has 2 aromatic rings. The molecule has 2 aromatic carbocycles. The van der Waals surface area contributed by atoms with Gasteiger partial charge in [0.15, 0.2) is 11.5 Å². The van der Waals surface area contributed by atoms with Gasteiger partial charge in [-0.3, -0.25) is 14.4 Å². The first-order chi connectivity index (χ1) is 18.6. The third-order valence-corrected chi connectivity index (χ3v) is 5.19. The third kappa shape index (κ3) is 12.0. The van der Waals surface area contributed by atoms with Gasteiger partial charge in [-0.15, -0.1) is 0 Å². The van der Waals surface area contributed by atoms with Crippen molar-refractivity contribution in [1.29, 1.82) is 0 Å². The quantitative estimate of drug-likeness (QED) is 0.158. The number of nitrogens with one attached hydrogen (secondary N) is 1. The SMILES string of the molecule is COC(=O)[C@H](Cc1ccc(OC(=O)CC(C)C)c(OC(=O)CC(C)C)c1)NCCOC(=O)Oc1ccccc1. The summed E-state index contributed by atoms with van der Waals surface area (Å²) in [5, 5.41) is 2.99. The number of hydrogen-bond donors (Lipinski definition) is 1. The normalized spacial score (nSPS) is 11.6. The van der Waals surface area contributed by atoms with Crippen molar-refractivity contribution in [3.05, 3.63) is 54.1 Å². The Bertz CT molecular complexity index is 1100. The summed E-state index contributed by atoms with van der Waals surface area (Å²) >= 11 is 0. The Hall–Kier alpha value is -3.92. The van der Waals surface area contributed by atoms with E-state index in [4.69, 9.17) is 23.7 Å². The fourth-order valence-electron chi connectivity index (χ4n) is 3.44. The molecule has 1 N–H and O–H groups in total. The second kappa shape index (κ2) is 16.1. The summed E-state index contributed by atoms with van der Waals surface area (Å²) < 4.78 is 26.0. The Morgan fingerprint density at radius 3 is 2.00 bits per heavy atom. The van der Waals surface area contributed by atoms with Gasteiger partial charge in [0.25, 0.3) is 0 Å². The molecule has 0 heterocycles. The van der Waals surface area contributed by atoms with Gasteiger partial charge in [0.05, 0.1) is 7.11 Å². The summed E-state index contributed by atoms with van der Waals surface area (Å²) in [6, 6.07) is 12.5. The summed E-state index contributed by atoms with van der Waals surface area (Å²) in [6.07, 6.45) is -0.317. The maximum Gasteiger partial charge on any atom is 0.513 e. The van der Waals surface area contributed by atoms with E-state index >= 15 is 0 Å². The van der Waals surface area contributed by atoms with E-state index in [0.717, 1.165) is 0 Å². The van der Waals surface area contributed by atoms with E-state index in [1.54, 1.807) is 42.5 Å². The first-order valence-corrected chi connectivity index (χ1v) is 12.8. The minimum Gasteiger partial charge on any atom is -0.468 e. The number of hydrogen-bond acceptors (Lipinski definition) is 10. The highest BCUT2D eigenvalue weighted by atomic mass is 16.7. The highest BCUT2D eigenvalue weighted by Gasteiger charge is 2.22. The van der Waals surface area contributed by atoms with E-state index in [2.05, 4.69) is 5.32 Å². The Balaban J connectivity index is 2.06. The molecular formula is C29H37NO9. The van der Waals surface area contributed by atoms with Crippen LogP contribution in [0.15, 0.2) is 48.5 Å². The molecule has 0 radical (unpaired) electrons. The van der Waals surface area contributed by atoms with E-state index in [-0.39, 0.29) is 55.7 Å². The number of ether oxygens (including phenoxy) is 5. The maximum atomic E-state index is 12.4. The number of carbonyl (C=O) groups is 4. The van der Waals surface area contributed by atoms with Crippen molar-refractivity contribution in [3.8, 4) is 17.2 Å². The molecule has 0 saturated carbocycles. The summed E-state index contributed by atoms with van der Waals surface area (Å²) in [6.45, 7) is 7.65. The molecule has 0 aliphatic heterocycles. The van der Waals surface area contributed by atoms with Crippen LogP contribution in [0.5, 0.6) is 17.2 Å². The Labute approximate surface area is 228 Å². The largest absolute Gasteiger partial charge is 0.513 e. The summed E-state index contributed by atoms with van der Waals surface area (Å²) in [5.74, 6) is -0.712. The second-order valence-electron chi connectivity index (χ2n) is 9.67. The number of esters is 3. The van der Waals surface area contributed by atoms with Crippen LogP contribution in [0.1, 0.15) is 46.1 Å². The lowest BCUT2D eigenvalue weighted by molar-refractivity contribution is -0.143. The standard InChI is InChI=1S/C29H37NO9/c1-19(2)15-26(31)38-24-12-11-21(18-25(24)39-27(32)16-20(3)4)17-23(28(33)35-5)30-13-14-36-29(34)37-22-9-7-6-8-10-22/h6-12,18-20,23,30H,13-17H2,1-5H3/t23-/m0/s1. The molecule has 0 aromatic heterocycles. The van der Waals surface area contributed by atoms with Crippen LogP contribution in [0, 0.1) is 11.8 Å². The van der Waals surface area contributed by atoms with Crippen molar-refractivity contribution in [2.45, 2.75) is 53.0 Å². The van der Waals surface area contributed by atoms with Crippen molar-refractivity contribution < 1.29 is 42.9 Å². The lowest BCUT2D eigenvalue weighted by Crippen LogP contribution is -2.41. The molecular weight excluding hydrogens is 506 g/mol.